The summed E-state index contributed by atoms with van der Waals surface area (Å²) in [7, 11) is 0. The van der Waals surface area contributed by atoms with Crippen molar-refractivity contribution in [3.63, 3.8) is 0 Å². The molecule has 1 atom stereocenters. The van der Waals surface area contributed by atoms with Crippen LogP contribution in [0.5, 0.6) is 0 Å². The van der Waals surface area contributed by atoms with Crippen molar-refractivity contribution in [1.29, 1.82) is 0 Å². The van der Waals surface area contributed by atoms with E-state index in [1.807, 2.05) is 24.3 Å². The average molecular weight is 434 g/mol. The number of nitrogen functional groups attached to an aromatic ring is 1. The first-order valence-electron chi connectivity index (χ1n) is 11.5. The van der Waals surface area contributed by atoms with Gasteiger partial charge in [-0.3, -0.25) is 24.7 Å². The van der Waals surface area contributed by atoms with Crippen LogP contribution in [0.2, 0.25) is 0 Å². The van der Waals surface area contributed by atoms with Crippen LogP contribution in [0.3, 0.4) is 0 Å². The van der Waals surface area contributed by atoms with Gasteiger partial charge in [-0.05, 0) is 41.8 Å². The lowest BCUT2D eigenvalue weighted by atomic mass is 9.90. The van der Waals surface area contributed by atoms with Crippen molar-refractivity contribution in [1.82, 2.24) is 15.1 Å². The molecule has 1 unspecified atom stereocenters. The Balaban J connectivity index is 1.08. The zero-order valence-electron chi connectivity index (χ0n) is 18.4. The zero-order chi connectivity index (χ0) is 22.1. The topological polar surface area (TPSA) is 81.9 Å². The normalized spacial score (nSPS) is 23.1. The monoisotopic (exact) mass is 433 g/mol. The van der Waals surface area contributed by atoms with E-state index < -0.39 is 0 Å². The highest BCUT2D eigenvalue weighted by Gasteiger charge is 2.34. The maximum absolute atomic E-state index is 12.1. The summed E-state index contributed by atoms with van der Waals surface area (Å²) in [6.07, 6.45) is 1.01. The molecule has 5 rings (SSSR count). The van der Waals surface area contributed by atoms with Crippen molar-refractivity contribution in [2.45, 2.75) is 31.3 Å². The second-order valence-electron chi connectivity index (χ2n) is 9.21. The number of rotatable bonds is 5. The Morgan fingerprint density at radius 1 is 0.906 bits per heavy atom. The van der Waals surface area contributed by atoms with Crippen LogP contribution in [0.15, 0.2) is 48.5 Å². The van der Waals surface area contributed by atoms with Gasteiger partial charge in [-0.1, -0.05) is 24.3 Å². The third kappa shape index (κ3) is 4.49. The molecule has 7 heteroatoms. The first-order chi connectivity index (χ1) is 15.5. The van der Waals surface area contributed by atoms with Gasteiger partial charge in [-0.15, -0.1) is 0 Å². The molecule has 32 heavy (non-hydrogen) atoms. The largest absolute Gasteiger partial charge is 0.399 e. The average Bonchev–Trinajstić information content (AvgIpc) is 2.76. The summed E-state index contributed by atoms with van der Waals surface area (Å²) in [5, 5.41) is 2.45. The van der Waals surface area contributed by atoms with Gasteiger partial charge in [-0.25, -0.2) is 0 Å². The number of hydrogen-bond donors (Lipinski definition) is 2. The van der Waals surface area contributed by atoms with Crippen molar-refractivity contribution in [2.75, 3.05) is 49.9 Å². The third-order valence-electron chi connectivity index (χ3n) is 7.07. The van der Waals surface area contributed by atoms with Crippen LogP contribution in [0.4, 0.5) is 11.4 Å². The lowest BCUT2D eigenvalue weighted by Gasteiger charge is -2.49. The Morgan fingerprint density at radius 3 is 2.25 bits per heavy atom. The molecule has 3 aliphatic heterocycles. The molecule has 2 aromatic carbocycles. The Morgan fingerprint density at radius 2 is 1.59 bits per heavy atom. The number of nitrogens with one attached hydrogen (secondary N) is 1. The predicted molar refractivity (Wildman–Crippen MR) is 125 cm³/mol. The van der Waals surface area contributed by atoms with Crippen LogP contribution in [0.25, 0.3) is 0 Å². The van der Waals surface area contributed by atoms with E-state index in [-0.39, 0.29) is 17.7 Å². The van der Waals surface area contributed by atoms with Crippen molar-refractivity contribution >= 4 is 23.2 Å². The van der Waals surface area contributed by atoms with E-state index in [9.17, 15) is 9.59 Å². The quantitative estimate of drug-likeness (QED) is 0.553. The van der Waals surface area contributed by atoms with Crippen LogP contribution >= 0.6 is 0 Å². The van der Waals surface area contributed by atoms with Crippen LogP contribution < -0.4 is 16.0 Å². The first kappa shape index (κ1) is 21.0. The van der Waals surface area contributed by atoms with Crippen molar-refractivity contribution < 1.29 is 9.59 Å². The molecule has 2 amide bonds. The van der Waals surface area contributed by atoms with E-state index in [1.54, 1.807) is 0 Å². The molecule has 7 nitrogen and oxygen atoms in total. The molecule has 3 N–H and O–H groups in total. The van der Waals surface area contributed by atoms with E-state index in [4.69, 9.17) is 5.73 Å². The zero-order valence-corrected chi connectivity index (χ0v) is 18.4. The number of piperidine rings is 1. The second-order valence-corrected chi connectivity index (χ2v) is 9.21. The fourth-order valence-corrected chi connectivity index (χ4v) is 4.99. The Bertz CT molecular complexity index is 961. The molecule has 0 radical (unpaired) electrons. The van der Waals surface area contributed by atoms with E-state index in [0.29, 0.717) is 18.9 Å². The molecule has 0 aliphatic carbocycles. The van der Waals surface area contributed by atoms with E-state index in [0.717, 1.165) is 57.1 Å². The minimum atomic E-state index is -0.213. The molecule has 0 aromatic heterocycles. The summed E-state index contributed by atoms with van der Waals surface area (Å²) in [5.74, 6) is -0.551. The number of anilines is 2. The number of hydrogen-bond acceptors (Lipinski definition) is 6. The molecule has 3 aliphatic rings. The van der Waals surface area contributed by atoms with Crippen LogP contribution in [-0.2, 0) is 16.1 Å². The molecule has 3 saturated heterocycles. The molecule has 168 valence electrons. The summed E-state index contributed by atoms with van der Waals surface area (Å²) < 4.78 is 0. The van der Waals surface area contributed by atoms with Gasteiger partial charge in [0, 0.05) is 69.7 Å². The molecule has 2 aromatic rings. The number of benzene rings is 2. The fraction of sp³-hybridized carbons (Fsp3) is 0.440. The highest BCUT2D eigenvalue weighted by Crippen LogP contribution is 2.29. The van der Waals surface area contributed by atoms with Gasteiger partial charge >= 0.3 is 0 Å². The SMILES string of the molecule is Nc1ccc(CN2CCN(C3CN(c4ccc(C5CCC(=O)NC5=O)cc4)C3)CC2)cc1. The molecule has 0 spiro atoms. The second kappa shape index (κ2) is 8.92. The van der Waals surface area contributed by atoms with Gasteiger partial charge in [0.2, 0.25) is 11.8 Å². The summed E-state index contributed by atoms with van der Waals surface area (Å²) in [5.41, 5.74) is 10.1. The van der Waals surface area contributed by atoms with E-state index >= 15 is 0 Å². The summed E-state index contributed by atoms with van der Waals surface area (Å²) >= 11 is 0. The molecular formula is C25H31N5O2. The third-order valence-corrected chi connectivity index (χ3v) is 7.07. The molecular weight excluding hydrogens is 402 g/mol. The number of amides is 2. The van der Waals surface area contributed by atoms with Crippen molar-refractivity contribution in [3.05, 3.63) is 59.7 Å². The predicted octanol–water partition coefficient (Wildman–Crippen LogP) is 1.80. The molecule has 3 heterocycles. The molecule has 0 bridgehead atoms. The van der Waals surface area contributed by atoms with Crippen LogP contribution in [-0.4, -0.2) is 66.9 Å². The Hall–Kier alpha value is -2.90. The smallest absolute Gasteiger partial charge is 0.234 e. The summed E-state index contributed by atoms with van der Waals surface area (Å²) in [6.45, 7) is 7.52. The van der Waals surface area contributed by atoms with E-state index in [2.05, 4.69) is 44.3 Å². The maximum atomic E-state index is 12.1. The summed E-state index contributed by atoms with van der Waals surface area (Å²) in [6, 6.07) is 17.1. The number of nitrogens with zero attached hydrogens (tertiary/aromatic N) is 3. The van der Waals surface area contributed by atoms with Gasteiger partial charge in [0.05, 0.1) is 5.92 Å². The molecule has 3 fully saturated rings. The highest BCUT2D eigenvalue weighted by molar-refractivity contribution is 6.00. The van der Waals surface area contributed by atoms with Crippen LogP contribution in [0, 0.1) is 0 Å². The van der Waals surface area contributed by atoms with E-state index in [1.165, 1.54) is 11.3 Å². The van der Waals surface area contributed by atoms with Gasteiger partial charge < -0.3 is 10.6 Å². The minimum Gasteiger partial charge on any atom is -0.399 e. The Kier molecular flexibility index (Phi) is 5.85. The number of carbonyl (C=O) groups excluding carboxylic acids is 2. The van der Waals surface area contributed by atoms with Gasteiger partial charge in [0.25, 0.3) is 0 Å². The Labute approximate surface area is 189 Å². The number of nitrogens with two attached hydrogens (primary N) is 1. The van der Waals surface area contributed by atoms with Gasteiger partial charge in [0.1, 0.15) is 0 Å². The molecule has 0 saturated carbocycles. The number of piperazine rings is 1. The number of imide groups is 1. The standard InChI is InChI=1S/C25H31N5O2/c26-20-5-1-18(2-6-20)15-28-11-13-29(14-12-28)22-16-30(17-22)21-7-3-19(4-8-21)23-9-10-24(31)27-25(23)32/h1-8,22-23H,9-17,26H2,(H,27,31,32). The van der Waals surface area contributed by atoms with Crippen LogP contribution in [0.1, 0.15) is 29.9 Å². The first-order valence-corrected chi connectivity index (χ1v) is 11.5. The number of carbonyl (C=O) groups is 2. The van der Waals surface area contributed by atoms with Gasteiger partial charge in [-0.2, -0.15) is 0 Å². The maximum Gasteiger partial charge on any atom is 0.234 e. The van der Waals surface area contributed by atoms with Crippen molar-refractivity contribution in [2.24, 2.45) is 0 Å². The minimum absolute atomic E-state index is 0.166. The fourth-order valence-electron chi connectivity index (χ4n) is 4.99. The lowest BCUT2D eigenvalue weighted by Crippen LogP contribution is -2.63. The highest BCUT2D eigenvalue weighted by atomic mass is 16.2. The summed E-state index contributed by atoms with van der Waals surface area (Å²) in [4.78, 5) is 31.0. The van der Waals surface area contributed by atoms with Crippen molar-refractivity contribution in [3.8, 4) is 0 Å². The lowest BCUT2D eigenvalue weighted by molar-refractivity contribution is -0.134. The van der Waals surface area contributed by atoms with Gasteiger partial charge in [0.15, 0.2) is 0 Å².